The van der Waals surface area contributed by atoms with Crippen LogP contribution in [0.4, 0.5) is 5.69 Å². The second-order valence-electron chi connectivity index (χ2n) is 6.27. The highest BCUT2D eigenvalue weighted by Gasteiger charge is 2.19. The molecule has 8 heteroatoms. The molecule has 2 heterocycles. The van der Waals surface area contributed by atoms with Gasteiger partial charge in [-0.2, -0.15) is 4.68 Å². The van der Waals surface area contributed by atoms with Gasteiger partial charge >= 0.3 is 0 Å². The van der Waals surface area contributed by atoms with E-state index in [2.05, 4.69) is 20.8 Å². The summed E-state index contributed by atoms with van der Waals surface area (Å²) in [4.78, 5) is 12.8. The number of fused-ring (bicyclic) bond motifs is 1. The summed E-state index contributed by atoms with van der Waals surface area (Å²) in [5.74, 6) is 0.547. The van der Waals surface area contributed by atoms with Crippen molar-refractivity contribution < 1.29 is 9.21 Å². The number of carbonyl (C=O) groups excluding carboxylic acids is 1. The molecule has 1 N–H and O–H groups in total. The van der Waals surface area contributed by atoms with Crippen LogP contribution in [0.5, 0.6) is 0 Å². The number of aryl methyl sites for hydroxylation is 3. The first-order valence-electron chi connectivity index (χ1n) is 8.30. The number of nitrogens with zero attached hydrogens (tertiary/aromatic N) is 4. The van der Waals surface area contributed by atoms with Gasteiger partial charge in [0.15, 0.2) is 17.2 Å². The largest absolute Gasteiger partial charge is 0.449 e. The molecular formula is C19H16ClN5O2. The van der Waals surface area contributed by atoms with Gasteiger partial charge in [0.05, 0.1) is 10.7 Å². The summed E-state index contributed by atoms with van der Waals surface area (Å²) in [5.41, 5.74) is 3.64. The monoisotopic (exact) mass is 381 g/mol. The van der Waals surface area contributed by atoms with E-state index in [4.69, 9.17) is 16.0 Å². The standard InChI is InChI=1S/C19H16ClN5O2/c1-10-7-8-13(9-16(10)25-12(3)22-23-24-25)21-19(26)17-11(2)14-5-4-6-15(20)18(14)27-17/h4-9H,1-3H3,(H,21,26). The van der Waals surface area contributed by atoms with Crippen LogP contribution in [0.1, 0.15) is 27.5 Å². The molecule has 0 radical (unpaired) electrons. The van der Waals surface area contributed by atoms with Gasteiger partial charge in [-0.05, 0) is 55.0 Å². The van der Waals surface area contributed by atoms with Gasteiger partial charge in [-0.3, -0.25) is 4.79 Å². The fourth-order valence-corrected chi connectivity index (χ4v) is 3.20. The maximum atomic E-state index is 12.8. The number of aromatic nitrogens is 4. The van der Waals surface area contributed by atoms with Gasteiger partial charge in [0.25, 0.3) is 5.91 Å². The van der Waals surface area contributed by atoms with Gasteiger partial charge in [-0.15, -0.1) is 5.10 Å². The summed E-state index contributed by atoms with van der Waals surface area (Å²) < 4.78 is 7.35. The second-order valence-corrected chi connectivity index (χ2v) is 6.67. The summed E-state index contributed by atoms with van der Waals surface area (Å²) in [7, 11) is 0. The lowest BCUT2D eigenvalue weighted by molar-refractivity contribution is 0.0998. The van der Waals surface area contributed by atoms with Crippen molar-refractivity contribution >= 4 is 34.2 Å². The van der Waals surface area contributed by atoms with Crippen LogP contribution in [0.3, 0.4) is 0 Å². The average Bonchev–Trinajstić information content (AvgIpc) is 3.21. The van der Waals surface area contributed by atoms with E-state index in [0.717, 1.165) is 22.2 Å². The highest BCUT2D eigenvalue weighted by molar-refractivity contribution is 6.35. The molecule has 0 aliphatic carbocycles. The first-order valence-corrected chi connectivity index (χ1v) is 8.68. The molecule has 0 unspecified atom stereocenters. The molecule has 0 saturated carbocycles. The molecule has 0 aliphatic heterocycles. The zero-order chi connectivity index (χ0) is 19.1. The molecule has 0 fully saturated rings. The molecule has 1 amide bonds. The molecule has 2 aromatic heterocycles. The molecule has 0 bridgehead atoms. The number of rotatable bonds is 3. The lowest BCUT2D eigenvalue weighted by Gasteiger charge is -2.10. The van der Waals surface area contributed by atoms with Crippen molar-refractivity contribution in [1.82, 2.24) is 20.2 Å². The third-order valence-electron chi connectivity index (χ3n) is 4.44. The third kappa shape index (κ3) is 2.96. The van der Waals surface area contributed by atoms with E-state index in [0.29, 0.717) is 22.1 Å². The minimum absolute atomic E-state index is 0.235. The topological polar surface area (TPSA) is 85.8 Å². The van der Waals surface area contributed by atoms with Crippen LogP contribution in [0.15, 0.2) is 40.8 Å². The van der Waals surface area contributed by atoms with Crippen molar-refractivity contribution in [3.8, 4) is 5.69 Å². The quantitative estimate of drug-likeness (QED) is 0.573. The lowest BCUT2D eigenvalue weighted by Crippen LogP contribution is -2.13. The maximum Gasteiger partial charge on any atom is 0.291 e. The Morgan fingerprint density at radius 1 is 1.19 bits per heavy atom. The van der Waals surface area contributed by atoms with Gasteiger partial charge in [0, 0.05) is 16.6 Å². The molecule has 0 spiro atoms. The Morgan fingerprint density at radius 3 is 2.70 bits per heavy atom. The number of carbonyl (C=O) groups is 1. The van der Waals surface area contributed by atoms with E-state index in [1.54, 1.807) is 10.7 Å². The molecule has 0 atom stereocenters. The number of amides is 1. The Kier molecular flexibility index (Phi) is 4.16. The van der Waals surface area contributed by atoms with E-state index in [1.165, 1.54) is 0 Å². The number of para-hydroxylation sites is 1. The van der Waals surface area contributed by atoms with Crippen LogP contribution in [0.2, 0.25) is 5.02 Å². The van der Waals surface area contributed by atoms with E-state index in [9.17, 15) is 4.79 Å². The number of anilines is 1. The van der Waals surface area contributed by atoms with Gasteiger partial charge in [-0.25, -0.2) is 0 Å². The number of benzene rings is 2. The molecular weight excluding hydrogens is 366 g/mol. The number of halogens is 1. The number of hydrogen-bond donors (Lipinski definition) is 1. The van der Waals surface area contributed by atoms with Gasteiger partial charge < -0.3 is 9.73 Å². The summed E-state index contributed by atoms with van der Waals surface area (Å²) in [5, 5.41) is 15.7. The zero-order valence-corrected chi connectivity index (χ0v) is 15.7. The van der Waals surface area contributed by atoms with Crippen LogP contribution in [-0.2, 0) is 0 Å². The van der Waals surface area contributed by atoms with E-state index >= 15 is 0 Å². The number of furan rings is 1. The summed E-state index contributed by atoms with van der Waals surface area (Å²) in [6.45, 7) is 5.60. The molecule has 7 nitrogen and oxygen atoms in total. The Bertz CT molecular complexity index is 1180. The molecule has 4 aromatic rings. The minimum atomic E-state index is -0.344. The molecule has 0 saturated heterocycles. The summed E-state index contributed by atoms with van der Waals surface area (Å²) >= 11 is 6.17. The Morgan fingerprint density at radius 2 is 2.00 bits per heavy atom. The zero-order valence-electron chi connectivity index (χ0n) is 14.9. The van der Waals surface area contributed by atoms with Crippen LogP contribution in [0.25, 0.3) is 16.7 Å². The molecule has 4 rings (SSSR count). The Balaban J connectivity index is 1.69. The highest BCUT2D eigenvalue weighted by Crippen LogP contribution is 2.31. The van der Waals surface area contributed by atoms with Crippen molar-refractivity contribution in [2.24, 2.45) is 0 Å². The number of nitrogens with one attached hydrogen (secondary N) is 1. The summed E-state index contributed by atoms with van der Waals surface area (Å²) in [6, 6.07) is 11.0. The third-order valence-corrected chi connectivity index (χ3v) is 4.74. The van der Waals surface area contributed by atoms with Crippen molar-refractivity contribution in [1.29, 1.82) is 0 Å². The normalized spacial score (nSPS) is 11.1. The molecule has 136 valence electrons. The van der Waals surface area contributed by atoms with Crippen LogP contribution < -0.4 is 5.32 Å². The van der Waals surface area contributed by atoms with Crippen LogP contribution in [0, 0.1) is 20.8 Å². The Hall–Kier alpha value is -3.19. The minimum Gasteiger partial charge on any atom is -0.449 e. The molecule has 27 heavy (non-hydrogen) atoms. The SMILES string of the molecule is Cc1ccc(NC(=O)c2oc3c(Cl)cccc3c2C)cc1-n1nnnc1C. The smallest absolute Gasteiger partial charge is 0.291 e. The van der Waals surface area contributed by atoms with Crippen molar-refractivity contribution in [2.75, 3.05) is 5.32 Å². The number of tetrazole rings is 1. The average molecular weight is 382 g/mol. The van der Waals surface area contributed by atoms with Crippen molar-refractivity contribution in [3.63, 3.8) is 0 Å². The number of hydrogen-bond acceptors (Lipinski definition) is 5. The van der Waals surface area contributed by atoms with E-state index < -0.39 is 0 Å². The second kappa shape index (κ2) is 6.51. The van der Waals surface area contributed by atoms with Crippen molar-refractivity contribution in [3.05, 3.63) is 64.1 Å². The Labute approximate surface area is 159 Å². The van der Waals surface area contributed by atoms with Crippen LogP contribution in [-0.4, -0.2) is 26.1 Å². The van der Waals surface area contributed by atoms with E-state index in [-0.39, 0.29) is 11.7 Å². The first kappa shape index (κ1) is 17.2. The predicted octanol–water partition coefficient (Wildman–Crippen LogP) is 4.24. The fraction of sp³-hybridized carbons (Fsp3) is 0.158. The van der Waals surface area contributed by atoms with Crippen LogP contribution >= 0.6 is 11.6 Å². The predicted molar refractivity (Wildman–Crippen MR) is 103 cm³/mol. The van der Waals surface area contributed by atoms with Gasteiger partial charge in [0.2, 0.25) is 0 Å². The van der Waals surface area contributed by atoms with Crippen molar-refractivity contribution in [2.45, 2.75) is 20.8 Å². The maximum absolute atomic E-state index is 12.8. The first-order chi connectivity index (χ1) is 13.0. The molecule has 2 aromatic carbocycles. The summed E-state index contributed by atoms with van der Waals surface area (Å²) in [6.07, 6.45) is 0. The van der Waals surface area contributed by atoms with Gasteiger partial charge in [-0.1, -0.05) is 29.8 Å². The fourth-order valence-electron chi connectivity index (χ4n) is 2.98. The van der Waals surface area contributed by atoms with E-state index in [1.807, 2.05) is 51.1 Å². The lowest BCUT2D eigenvalue weighted by atomic mass is 10.1. The molecule has 0 aliphatic rings. The van der Waals surface area contributed by atoms with Gasteiger partial charge in [0.1, 0.15) is 0 Å². The highest BCUT2D eigenvalue weighted by atomic mass is 35.5.